The van der Waals surface area contributed by atoms with Gasteiger partial charge in [-0.1, -0.05) is 60.1 Å². The summed E-state index contributed by atoms with van der Waals surface area (Å²) in [5, 5.41) is 3.40. The maximum Gasteiger partial charge on any atom is 0.0332 e. The molecule has 0 bridgehead atoms. The molecule has 0 amide bonds. The molecule has 0 aromatic carbocycles. The van der Waals surface area contributed by atoms with Gasteiger partial charge in [-0.05, 0) is 23.8 Å². The van der Waals surface area contributed by atoms with Crippen LogP contribution in [0.15, 0.2) is 23.4 Å². The average Bonchev–Trinajstić information content (AvgIpc) is 2.70. The van der Waals surface area contributed by atoms with E-state index in [0.717, 1.165) is 12.5 Å². The first-order valence-corrected chi connectivity index (χ1v) is 6.85. The fourth-order valence-corrected chi connectivity index (χ4v) is 1.80. The summed E-state index contributed by atoms with van der Waals surface area (Å²) in [7, 11) is 0. The lowest BCUT2D eigenvalue weighted by Gasteiger charge is -2.20. The molecule has 0 aromatic rings. The molecule has 1 heterocycles. The molecule has 1 fully saturated rings. The van der Waals surface area contributed by atoms with Crippen LogP contribution in [0.3, 0.4) is 0 Å². The maximum atomic E-state index is 3.40. The van der Waals surface area contributed by atoms with Gasteiger partial charge in [0.2, 0.25) is 0 Å². The van der Waals surface area contributed by atoms with E-state index in [4.69, 9.17) is 0 Å². The highest BCUT2D eigenvalue weighted by Crippen LogP contribution is 2.30. The Bertz CT molecular complexity index is 214. The van der Waals surface area contributed by atoms with Crippen molar-refractivity contribution in [2.24, 2.45) is 11.8 Å². The van der Waals surface area contributed by atoms with Crippen molar-refractivity contribution in [1.29, 1.82) is 0 Å². The molecule has 1 aliphatic heterocycles. The highest BCUT2D eigenvalue weighted by Gasteiger charge is 2.21. The van der Waals surface area contributed by atoms with Crippen LogP contribution < -0.4 is 5.32 Å². The van der Waals surface area contributed by atoms with E-state index in [1.54, 1.807) is 0 Å². The molecule has 1 N–H and O–H groups in total. The van der Waals surface area contributed by atoms with Crippen molar-refractivity contribution in [3.05, 3.63) is 23.4 Å². The Morgan fingerprint density at radius 2 is 1.62 bits per heavy atom. The van der Waals surface area contributed by atoms with Crippen LogP contribution >= 0.6 is 0 Å². The molecule has 2 aliphatic rings. The van der Waals surface area contributed by atoms with Crippen molar-refractivity contribution in [1.82, 2.24) is 5.32 Å². The zero-order valence-corrected chi connectivity index (χ0v) is 11.9. The zero-order valence-electron chi connectivity index (χ0n) is 11.9. The number of fused-ring (bicyclic) bond motifs is 1. The topological polar surface area (TPSA) is 12.0 Å². The molecule has 0 aromatic heterocycles. The number of rotatable bonds is 0. The fraction of sp³-hybridized carbons (Fsp3) is 0.733. The van der Waals surface area contributed by atoms with Gasteiger partial charge in [0.15, 0.2) is 0 Å². The van der Waals surface area contributed by atoms with Crippen LogP contribution in [0.5, 0.6) is 0 Å². The van der Waals surface area contributed by atoms with Gasteiger partial charge >= 0.3 is 0 Å². The first-order chi connectivity index (χ1) is 7.69. The van der Waals surface area contributed by atoms with Crippen molar-refractivity contribution in [2.75, 3.05) is 6.54 Å². The van der Waals surface area contributed by atoms with E-state index in [2.05, 4.69) is 45.2 Å². The Labute approximate surface area is 102 Å². The summed E-state index contributed by atoms with van der Waals surface area (Å²) in [6.45, 7) is 14.0. The normalized spacial score (nSPS) is 25.9. The summed E-state index contributed by atoms with van der Waals surface area (Å²) in [6, 6.07) is 0. The maximum absolute atomic E-state index is 3.40. The van der Waals surface area contributed by atoms with Crippen LogP contribution in [0.2, 0.25) is 0 Å². The van der Waals surface area contributed by atoms with E-state index in [9.17, 15) is 0 Å². The van der Waals surface area contributed by atoms with Crippen LogP contribution in [0.4, 0.5) is 0 Å². The third kappa shape index (κ3) is 4.42. The monoisotopic (exact) mass is 223 g/mol. The summed E-state index contributed by atoms with van der Waals surface area (Å²) in [4.78, 5) is 0. The summed E-state index contributed by atoms with van der Waals surface area (Å²) in [5.41, 5.74) is 2.94. The second-order valence-corrected chi connectivity index (χ2v) is 4.37. The van der Waals surface area contributed by atoms with Gasteiger partial charge in [-0.2, -0.15) is 0 Å². The fourth-order valence-electron chi connectivity index (χ4n) is 1.80. The molecular weight excluding hydrogens is 194 g/mol. The van der Waals surface area contributed by atoms with E-state index < -0.39 is 0 Å². The van der Waals surface area contributed by atoms with Crippen molar-refractivity contribution in [3.8, 4) is 0 Å². The summed E-state index contributed by atoms with van der Waals surface area (Å²) < 4.78 is 0. The van der Waals surface area contributed by atoms with Crippen molar-refractivity contribution < 1.29 is 0 Å². The Balaban J connectivity index is 0.000000394. The van der Waals surface area contributed by atoms with Gasteiger partial charge in [0.1, 0.15) is 0 Å². The zero-order chi connectivity index (χ0) is 12.6. The molecule has 0 spiro atoms. The van der Waals surface area contributed by atoms with E-state index in [1.165, 1.54) is 24.1 Å². The summed E-state index contributed by atoms with van der Waals surface area (Å²) in [6.07, 6.45) is 7.26. The van der Waals surface area contributed by atoms with E-state index in [1.807, 2.05) is 13.8 Å². The second kappa shape index (κ2) is 8.43. The molecule has 1 nitrogen and oxygen atoms in total. The third-order valence-electron chi connectivity index (χ3n) is 2.78. The quantitative estimate of drug-likeness (QED) is 0.637. The van der Waals surface area contributed by atoms with Gasteiger partial charge in [-0.25, -0.2) is 0 Å². The van der Waals surface area contributed by atoms with Crippen molar-refractivity contribution in [2.45, 2.75) is 54.4 Å². The van der Waals surface area contributed by atoms with Crippen LogP contribution in [-0.4, -0.2) is 6.54 Å². The van der Waals surface area contributed by atoms with Gasteiger partial charge in [0.25, 0.3) is 0 Å². The summed E-state index contributed by atoms with van der Waals surface area (Å²) in [5.74, 6) is 1.44. The molecule has 1 saturated heterocycles. The lowest BCUT2D eigenvalue weighted by molar-refractivity contribution is 0.542. The van der Waals surface area contributed by atoms with Gasteiger partial charge in [-0.15, -0.1) is 0 Å². The Morgan fingerprint density at radius 3 is 2.19 bits per heavy atom. The standard InChI is InChI=1S/C10H15N.C3H8.C2H6/c1-7-5-9-3-4-11-10(9)6-8(7)2;1-3-2;1-2/h5-8,11H,3-4H2,1-2H3;3H2,1-2H3;1-2H3. The number of allylic oxidation sites excluding steroid dienone is 3. The highest BCUT2D eigenvalue weighted by atomic mass is 14.9. The lowest BCUT2D eigenvalue weighted by atomic mass is 9.87. The minimum absolute atomic E-state index is 0.708. The first-order valence-electron chi connectivity index (χ1n) is 6.85. The predicted molar refractivity (Wildman–Crippen MR) is 74.4 cm³/mol. The third-order valence-corrected chi connectivity index (χ3v) is 2.78. The van der Waals surface area contributed by atoms with Crippen molar-refractivity contribution >= 4 is 0 Å². The second-order valence-electron chi connectivity index (χ2n) is 4.37. The van der Waals surface area contributed by atoms with E-state index in [0.29, 0.717) is 5.92 Å². The molecule has 0 saturated carbocycles. The Kier molecular flexibility index (Phi) is 8.05. The van der Waals surface area contributed by atoms with E-state index >= 15 is 0 Å². The molecule has 1 heteroatoms. The first kappa shape index (κ1) is 15.3. The average molecular weight is 223 g/mol. The molecule has 2 rings (SSSR count). The molecule has 1 aliphatic carbocycles. The van der Waals surface area contributed by atoms with Crippen LogP contribution in [0.1, 0.15) is 54.4 Å². The number of hydrogen-bond donors (Lipinski definition) is 1. The largest absolute Gasteiger partial charge is 0.385 e. The van der Waals surface area contributed by atoms with Gasteiger partial charge in [0, 0.05) is 12.2 Å². The minimum Gasteiger partial charge on any atom is -0.385 e. The molecule has 2 unspecified atom stereocenters. The SMILES string of the molecule is CC.CC1C=C2CCNC2=CC1C.CCC. The smallest absolute Gasteiger partial charge is 0.0332 e. The van der Waals surface area contributed by atoms with Crippen LogP contribution in [0, 0.1) is 11.8 Å². The van der Waals surface area contributed by atoms with Gasteiger partial charge in [0.05, 0.1) is 0 Å². The minimum atomic E-state index is 0.708. The Morgan fingerprint density at radius 1 is 1.12 bits per heavy atom. The molecule has 2 atom stereocenters. The predicted octanol–water partition coefficient (Wildman–Crippen LogP) is 4.52. The van der Waals surface area contributed by atoms with Gasteiger partial charge in [-0.3, -0.25) is 0 Å². The lowest BCUT2D eigenvalue weighted by Crippen LogP contribution is -2.13. The Hall–Kier alpha value is -0.720. The molecular formula is C15H29N. The molecule has 94 valence electrons. The van der Waals surface area contributed by atoms with Crippen molar-refractivity contribution in [3.63, 3.8) is 0 Å². The highest BCUT2D eigenvalue weighted by molar-refractivity contribution is 5.37. The number of hydrogen-bond acceptors (Lipinski definition) is 1. The van der Waals surface area contributed by atoms with Crippen LogP contribution in [0.25, 0.3) is 0 Å². The summed E-state index contributed by atoms with van der Waals surface area (Å²) >= 11 is 0. The van der Waals surface area contributed by atoms with E-state index in [-0.39, 0.29) is 0 Å². The molecule has 16 heavy (non-hydrogen) atoms. The van der Waals surface area contributed by atoms with Gasteiger partial charge < -0.3 is 5.32 Å². The number of nitrogens with one attached hydrogen (secondary N) is 1. The molecule has 0 radical (unpaired) electrons. The van der Waals surface area contributed by atoms with Crippen LogP contribution in [-0.2, 0) is 0 Å².